The lowest BCUT2D eigenvalue weighted by Gasteiger charge is -2.10. The van der Waals surface area contributed by atoms with Crippen LogP contribution < -0.4 is 10.6 Å². The van der Waals surface area contributed by atoms with Crippen molar-refractivity contribution < 1.29 is 0 Å². The average Bonchev–Trinajstić information content (AvgIpc) is 2.86. The third-order valence-electron chi connectivity index (χ3n) is 3.23. The third-order valence-corrected chi connectivity index (χ3v) is 3.23. The van der Waals surface area contributed by atoms with Crippen LogP contribution in [0.5, 0.6) is 0 Å². The number of fused-ring (bicyclic) bond motifs is 1. The summed E-state index contributed by atoms with van der Waals surface area (Å²) in [6.07, 6.45) is 9.42. The molecule has 2 rings (SSSR count). The molecule has 0 aliphatic rings. The molecule has 5 heteroatoms. The molecule has 0 fully saturated rings. The van der Waals surface area contributed by atoms with Gasteiger partial charge in [0.05, 0.1) is 6.20 Å². The fourth-order valence-electron chi connectivity index (χ4n) is 2.20. The number of aromatic nitrogens is 3. The predicted molar refractivity (Wildman–Crippen MR) is 84.3 cm³/mol. The van der Waals surface area contributed by atoms with Crippen molar-refractivity contribution in [3.8, 4) is 0 Å². The Morgan fingerprint density at radius 1 is 1.25 bits per heavy atom. The summed E-state index contributed by atoms with van der Waals surface area (Å²) in [6, 6.07) is 0. The first kappa shape index (κ1) is 14.6. The number of rotatable bonds is 8. The van der Waals surface area contributed by atoms with Gasteiger partial charge in [-0.1, -0.05) is 26.7 Å². The van der Waals surface area contributed by atoms with E-state index in [-0.39, 0.29) is 0 Å². The average molecular weight is 275 g/mol. The highest BCUT2D eigenvalue weighted by Crippen LogP contribution is 2.16. The molecule has 2 aromatic heterocycles. The van der Waals surface area contributed by atoms with Gasteiger partial charge in [-0.2, -0.15) is 0 Å². The number of hydrogen-bond donors (Lipinski definition) is 2. The summed E-state index contributed by atoms with van der Waals surface area (Å²) in [5, 5.41) is 6.66. The van der Waals surface area contributed by atoms with Crippen LogP contribution in [0.4, 0.5) is 11.6 Å². The smallest absolute Gasteiger partial charge is 0.180 e. The van der Waals surface area contributed by atoms with Gasteiger partial charge >= 0.3 is 0 Å². The van der Waals surface area contributed by atoms with Crippen LogP contribution in [0.25, 0.3) is 5.65 Å². The largest absolute Gasteiger partial charge is 0.369 e. The molecule has 2 N–H and O–H groups in total. The summed E-state index contributed by atoms with van der Waals surface area (Å²) >= 11 is 0. The number of imidazole rings is 1. The van der Waals surface area contributed by atoms with E-state index >= 15 is 0 Å². The Morgan fingerprint density at radius 3 is 2.85 bits per heavy atom. The van der Waals surface area contributed by atoms with E-state index in [1.165, 1.54) is 12.8 Å². The zero-order valence-corrected chi connectivity index (χ0v) is 12.7. The van der Waals surface area contributed by atoms with Crippen LogP contribution in [0.1, 0.15) is 40.0 Å². The van der Waals surface area contributed by atoms with Crippen LogP contribution >= 0.6 is 0 Å². The van der Waals surface area contributed by atoms with Crippen LogP contribution in [-0.4, -0.2) is 27.5 Å². The first-order chi connectivity index (χ1) is 9.70. The molecule has 0 saturated carbocycles. The van der Waals surface area contributed by atoms with Gasteiger partial charge in [-0.05, 0) is 19.3 Å². The minimum absolute atomic E-state index is 0.782. The molecule has 0 unspecified atom stereocenters. The van der Waals surface area contributed by atoms with E-state index in [1.807, 2.05) is 16.8 Å². The van der Waals surface area contributed by atoms with E-state index < -0.39 is 0 Å². The summed E-state index contributed by atoms with van der Waals surface area (Å²) in [5.74, 6) is 2.52. The van der Waals surface area contributed by atoms with Gasteiger partial charge in [0, 0.05) is 25.5 Å². The van der Waals surface area contributed by atoms with Crippen LogP contribution in [0, 0.1) is 5.92 Å². The molecule has 0 bridgehead atoms. The molecule has 0 spiro atoms. The Kier molecular flexibility index (Phi) is 5.21. The van der Waals surface area contributed by atoms with Crippen molar-refractivity contribution in [2.24, 2.45) is 5.92 Å². The molecule has 2 aromatic rings. The monoisotopic (exact) mass is 275 g/mol. The van der Waals surface area contributed by atoms with Gasteiger partial charge in [-0.15, -0.1) is 0 Å². The molecule has 0 atom stereocenters. The van der Waals surface area contributed by atoms with Crippen LogP contribution in [0.15, 0.2) is 18.6 Å². The summed E-state index contributed by atoms with van der Waals surface area (Å²) in [6.45, 7) is 8.41. The van der Waals surface area contributed by atoms with Crippen molar-refractivity contribution in [3.05, 3.63) is 18.6 Å². The van der Waals surface area contributed by atoms with Gasteiger partial charge in [0.15, 0.2) is 11.5 Å². The summed E-state index contributed by atoms with van der Waals surface area (Å²) in [4.78, 5) is 8.95. The highest BCUT2D eigenvalue weighted by molar-refractivity contribution is 5.65. The van der Waals surface area contributed by atoms with E-state index in [1.54, 1.807) is 6.20 Å². The normalized spacial score (nSPS) is 11.2. The molecule has 20 heavy (non-hydrogen) atoms. The maximum absolute atomic E-state index is 4.59. The van der Waals surface area contributed by atoms with E-state index in [0.717, 1.165) is 42.7 Å². The molecule has 2 heterocycles. The van der Waals surface area contributed by atoms with Gasteiger partial charge in [0.25, 0.3) is 0 Å². The highest BCUT2D eigenvalue weighted by Gasteiger charge is 2.06. The Bertz CT molecular complexity index is 532. The number of anilines is 2. The van der Waals surface area contributed by atoms with Gasteiger partial charge in [-0.25, -0.2) is 9.97 Å². The summed E-state index contributed by atoms with van der Waals surface area (Å²) < 4.78 is 2.00. The standard InChI is InChI=1S/C15H25N5/c1-4-16-13-11-20-10-9-18-15(20)14(19-13)17-8-6-5-7-12(2)3/h9-12,16H,4-8H2,1-3H3,(H,17,19). The predicted octanol–water partition coefficient (Wildman–Crippen LogP) is 3.40. The molecule has 0 saturated heterocycles. The van der Waals surface area contributed by atoms with Crippen molar-refractivity contribution in [2.45, 2.75) is 40.0 Å². The highest BCUT2D eigenvalue weighted by atomic mass is 15.1. The lowest BCUT2D eigenvalue weighted by molar-refractivity contribution is 0.544. The topological polar surface area (TPSA) is 54.2 Å². The van der Waals surface area contributed by atoms with Crippen LogP contribution in [0.2, 0.25) is 0 Å². The number of hydrogen-bond acceptors (Lipinski definition) is 4. The van der Waals surface area contributed by atoms with Gasteiger partial charge in [0.2, 0.25) is 0 Å². The minimum Gasteiger partial charge on any atom is -0.369 e. The van der Waals surface area contributed by atoms with Crippen LogP contribution in [0.3, 0.4) is 0 Å². The zero-order chi connectivity index (χ0) is 14.4. The van der Waals surface area contributed by atoms with Gasteiger partial charge < -0.3 is 15.0 Å². The lowest BCUT2D eigenvalue weighted by atomic mass is 10.1. The molecule has 0 aliphatic carbocycles. The zero-order valence-electron chi connectivity index (χ0n) is 12.7. The quantitative estimate of drug-likeness (QED) is 0.725. The second kappa shape index (κ2) is 7.12. The maximum Gasteiger partial charge on any atom is 0.180 e. The van der Waals surface area contributed by atoms with E-state index in [2.05, 4.69) is 41.4 Å². The van der Waals surface area contributed by atoms with Crippen molar-refractivity contribution in [3.63, 3.8) is 0 Å². The first-order valence-electron chi connectivity index (χ1n) is 7.52. The Morgan fingerprint density at radius 2 is 2.10 bits per heavy atom. The molecule has 0 aliphatic heterocycles. The van der Waals surface area contributed by atoms with Crippen molar-refractivity contribution in [1.82, 2.24) is 14.4 Å². The lowest BCUT2D eigenvalue weighted by Crippen LogP contribution is -2.09. The molecule has 5 nitrogen and oxygen atoms in total. The summed E-state index contributed by atoms with van der Waals surface area (Å²) in [7, 11) is 0. The van der Waals surface area contributed by atoms with Gasteiger partial charge in [0.1, 0.15) is 5.82 Å². The fourth-order valence-corrected chi connectivity index (χ4v) is 2.20. The number of unbranched alkanes of at least 4 members (excludes halogenated alkanes) is 1. The van der Waals surface area contributed by atoms with Crippen LogP contribution in [-0.2, 0) is 0 Å². The molecular weight excluding hydrogens is 250 g/mol. The number of nitrogens with one attached hydrogen (secondary N) is 2. The Labute approximate surface area is 120 Å². The number of nitrogens with zero attached hydrogens (tertiary/aromatic N) is 3. The second-order valence-corrected chi connectivity index (χ2v) is 5.48. The Hall–Kier alpha value is -1.78. The van der Waals surface area contributed by atoms with E-state index in [0.29, 0.717) is 0 Å². The first-order valence-corrected chi connectivity index (χ1v) is 7.52. The van der Waals surface area contributed by atoms with E-state index in [9.17, 15) is 0 Å². The molecule has 0 amide bonds. The van der Waals surface area contributed by atoms with Crippen molar-refractivity contribution in [2.75, 3.05) is 23.7 Å². The minimum atomic E-state index is 0.782. The molecule has 0 aromatic carbocycles. The second-order valence-electron chi connectivity index (χ2n) is 5.48. The fraction of sp³-hybridized carbons (Fsp3) is 0.600. The molecular formula is C15H25N5. The van der Waals surface area contributed by atoms with Crippen molar-refractivity contribution in [1.29, 1.82) is 0 Å². The maximum atomic E-state index is 4.59. The summed E-state index contributed by atoms with van der Waals surface area (Å²) in [5.41, 5.74) is 0.885. The van der Waals surface area contributed by atoms with E-state index in [4.69, 9.17) is 0 Å². The third kappa shape index (κ3) is 3.85. The SMILES string of the molecule is CCNc1cn2ccnc2c(NCCCCC(C)C)n1. The van der Waals surface area contributed by atoms with Gasteiger partial charge in [-0.3, -0.25) is 0 Å². The molecule has 110 valence electrons. The van der Waals surface area contributed by atoms with Crippen molar-refractivity contribution >= 4 is 17.3 Å². The molecule has 0 radical (unpaired) electrons. The Balaban J connectivity index is 1.98.